The molecule has 1 aliphatic rings. The van der Waals surface area contributed by atoms with Gasteiger partial charge in [-0.05, 0) is 71.3 Å². The fourth-order valence-electron chi connectivity index (χ4n) is 4.22. The second-order valence-corrected chi connectivity index (χ2v) is 9.34. The van der Waals surface area contributed by atoms with Crippen LogP contribution in [0.3, 0.4) is 0 Å². The Morgan fingerprint density at radius 3 is 2.45 bits per heavy atom. The molecule has 4 nitrogen and oxygen atoms in total. The van der Waals surface area contributed by atoms with E-state index in [-0.39, 0.29) is 5.92 Å². The summed E-state index contributed by atoms with van der Waals surface area (Å²) in [5.74, 6) is 1.05. The molecular formula is C24H25NO3S. The molecule has 0 heterocycles. The monoisotopic (exact) mass is 407 g/mol. The number of sulfonamides is 1. The van der Waals surface area contributed by atoms with Crippen LogP contribution in [0.25, 0.3) is 0 Å². The molecule has 0 amide bonds. The minimum atomic E-state index is -3.31. The largest absolute Gasteiger partial charge is 0.497 e. The smallest absolute Gasteiger partial charge is 0.229 e. The summed E-state index contributed by atoms with van der Waals surface area (Å²) in [6, 6.07) is 22.6. The van der Waals surface area contributed by atoms with Crippen molar-refractivity contribution >= 4 is 15.7 Å². The van der Waals surface area contributed by atoms with Crippen LogP contribution in [0.2, 0.25) is 0 Å². The number of nitrogens with one attached hydrogen (secondary N) is 1. The standard InChI is InChI=1S/C24H25NO3S/c1-28-21-13-12-19-11-10-18-7-3-4-9-22(18)24(23(19)16-21)15-17-6-5-8-20(14-17)25-29(2,26)27/h3-9,12-14,16,24-25H,10-11,15H2,1-2H3. The third-order valence-electron chi connectivity index (χ3n) is 5.49. The molecule has 1 aliphatic carbocycles. The average molecular weight is 408 g/mol. The van der Waals surface area contributed by atoms with Gasteiger partial charge in [-0.15, -0.1) is 0 Å². The van der Waals surface area contributed by atoms with Crippen LogP contribution in [-0.2, 0) is 29.3 Å². The van der Waals surface area contributed by atoms with Gasteiger partial charge in [0, 0.05) is 11.6 Å². The third-order valence-corrected chi connectivity index (χ3v) is 6.10. The van der Waals surface area contributed by atoms with Crippen LogP contribution in [0.5, 0.6) is 5.75 Å². The normalized spacial score (nSPS) is 15.7. The molecule has 0 radical (unpaired) electrons. The molecule has 0 aromatic heterocycles. The summed E-state index contributed by atoms with van der Waals surface area (Å²) in [5.41, 5.74) is 7.03. The highest BCUT2D eigenvalue weighted by Gasteiger charge is 2.24. The number of fused-ring (bicyclic) bond motifs is 2. The summed E-state index contributed by atoms with van der Waals surface area (Å²) < 4.78 is 31.3. The molecule has 0 aliphatic heterocycles. The Balaban J connectivity index is 1.77. The summed E-state index contributed by atoms with van der Waals surface area (Å²) in [7, 11) is -1.61. The van der Waals surface area contributed by atoms with Crippen molar-refractivity contribution < 1.29 is 13.2 Å². The number of benzene rings is 3. The Morgan fingerprint density at radius 2 is 1.69 bits per heavy atom. The molecule has 3 aromatic carbocycles. The van der Waals surface area contributed by atoms with Gasteiger partial charge >= 0.3 is 0 Å². The molecule has 0 saturated heterocycles. The number of anilines is 1. The van der Waals surface area contributed by atoms with Crippen LogP contribution in [0, 0.1) is 0 Å². The van der Waals surface area contributed by atoms with E-state index < -0.39 is 10.0 Å². The zero-order valence-electron chi connectivity index (χ0n) is 16.7. The Bertz CT molecular complexity index is 1140. The fraction of sp³-hybridized carbons (Fsp3) is 0.250. The lowest BCUT2D eigenvalue weighted by Crippen LogP contribution is -2.11. The molecule has 1 unspecified atom stereocenters. The molecule has 4 rings (SSSR count). The molecule has 3 aromatic rings. The van der Waals surface area contributed by atoms with Gasteiger partial charge in [0.1, 0.15) is 5.75 Å². The maximum Gasteiger partial charge on any atom is 0.229 e. The van der Waals surface area contributed by atoms with E-state index in [0.29, 0.717) is 5.69 Å². The Hall–Kier alpha value is -2.79. The second-order valence-electron chi connectivity index (χ2n) is 7.59. The highest BCUT2D eigenvalue weighted by Crippen LogP contribution is 2.38. The van der Waals surface area contributed by atoms with Crippen molar-refractivity contribution in [3.05, 3.63) is 94.5 Å². The van der Waals surface area contributed by atoms with Crippen LogP contribution in [0.4, 0.5) is 5.69 Å². The zero-order chi connectivity index (χ0) is 20.4. The summed E-state index contributed by atoms with van der Waals surface area (Å²) in [5, 5.41) is 0. The summed E-state index contributed by atoms with van der Waals surface area (Å²) >= 11 is 0. The van der Waals surface area contributed by atoms with Crippen LogP contribution in [-0.4, -0.2) is 21.8 Å². The van der Waals surface area contributed by atoms with Crippen molar-refractivity contribution in [2.75, 3.05) is 18.1 Å². The molecule has 0 saturated carbocycles. The lowest BCUT2D eigenvalue weighted by atomic mass is 9.83. The number of aryl methyl sites for hydroxylation is 2. The van der Waals surface area contributed by atoms with Gasteiger partial charge in [0.15, 0.2) is 0 Å². The van der Waals surface area contributed by atoms with Gasteiger partial charge in [0.05, 0.1) is 13.4 Å². The molecule has 150 valence electrons. The number of hydrogen-bond donors (Lipinski definition) is 1. The Labute approximate surface area is 172 Å². The molecule has 0 spiro atoms. The van der Waals surface area contributed by atoms with Crippen LogP contribution >= 0.6 is 0 Å². The van der Waals surface area contributed by atoms with Crippen molar-refractivity contribution in [1.82, 2.24) is 0 Å². The van der Waals surface area contributed by atoms with Gasteiger partial charge in [-0.3, -0.25) is 4.72 Å². The van der Waals surface area contributed by atoms with E-state index in [4.69, 9.17) is 4.74 Å². The first-order valence-electron chi connectivity index (χ1n) is 9.74. The first-order chi connectivity index (χ1) is 13.9. The quantitative estimate of drug-likeness (QED) is 0.676. The van der Waals surface area contributed by atoms with Gasteiger partial charge in [0.25, 0.3) is 0 Å². The van der Waals surface area contributed by atoms with E-state index in [0.717, 1.165) is 30.6 Å². The highest BCUT2D eigenvalue weighted by atomic mass is 32.2. The van der Waals surface area contributed by atoms with E-state index >= 15 is 0 Å². The van der Waals surface area contributed by atoms with Crippen molar-refractivity contribution in [2.24, 2.45) is 0 Å². The number of hydrogen-bond acceptors (Lipinski definition) is 3. The maximum absolute atomic E-state index is 11.6. The summed E-state index contributed by atoms with van der Waals surface area (Å²) in [6.07, 6.45) is 3.98. The maximum atomic E-state index is 11.6. The lowest BCUT2D eigenvalue weighted by molar-refractivity contribution is 0.414. The molecule has 29 heavy (non-hydrogen) atoms. The Morgan fingerprint density at radius 1 is 0.931 bits per heavy atom. The highest BCUT2D eigenvalue weighted by molar-refractivity contribution is 7.92. The fourth-order valence-corrected chi connectivity index (χ4v) is 4.78. The first-order valence-corrected chi connectivity index (χ1v) is 11.6. The zero-order valence-corrected chi connectivity index (χ0v) is 17.5. The Kier molecular flexibility index (Phi) is 5.33. The van der Waals surface area contributed by atoms with Gasteiger partial charge in [-0.2, -0.15) is 0 Å². The molecule has 1 N–H and O–H groups in total. The lowest BCUT2D eigenvalue weighted by Gasteiger charge is -2.21. The number of ether oxygens (including phenoxy) is 1. The van der Waals surface area contributed by atoms with Crippen molar-refractivity contribution in [3.63, 3.8) is 0 Å². The molecular weight excluding hydrogens is 382 g/mol. The van der Waals surface area contributed by atoms with Crippen LogP contribution < -0.4 is 9.46 Å². The van der Waals surface area contributed by atoms with Gasteiger partial charge in [-0.1, -0.05) is 42.5 Å². The first kappa shape index (κ1) is 19.5. The number of methoxy groups -OCH3 is 1. The van der Waals surface area contributed by atoms with E-state index in [1.807, 2.05) is 18.2 Å². The average Bonchev–Trinajstić information content (AvgIpc) is 2.84. The molecule has 1 atom stereocenters. The van der Waals surface area contributed by atoms with Crippen LogP contribution in [0.1, 0.15) is 33.7 Å². The predicted octanol–water partition coefficient (Wildman–Crippen LogP) is 4.54. The SMILES string of the molecule is COc1ccc2c(c1)C(Cc1cccc(NS(C)(=O)=O)c1)c1ccccc1CC2. The van der Waals surface area contributed by atoms with Gasteiger partial charge in [-0.25, -0.2) is 8.42 Å². The number of rotatable bonds is 5. The van der Waals surface area contributed by atoms with Crippen molar-refractivity contribution in [1.29, 1.82) is 0 Å². The van der Waals surface area contributed by atoms with Gasteiger partial charge in [0.2, 0.25) is 10.0 Å². The van der Waals surface area contributed by atoms with Gasteiger partial charge < -0.3 is 4.74 Å². The molecule has 5 heteroatoms. The summed E-state index contributed by atoms with van der Waals surface area (Å²) in [6.45, 7) is 0. The molecule has 0 bridgehead atoms. The minimum absolute atomic E-state index is 0.187. The topological polar surface area (TPSA) is 55.4 Å². The van der Waals surface area contributed by atoms with E-state index in [9.17, 15) is 8.42 Å². The third kappa shape index (κ3) is 4.46. The summed E-state index contributed by atoms with van der Waals surface area (Å²) in [4.78, 5) is 0. The van der Waals surface area contributed by atoms with Crippen molar-refractivity contribution in [2.45, 2.75) is 25.2 Å². The van der Waals surface area contributed by atoms with Crippen LogP contribution in [0.15, 0.2) is 66.7 Å². The van der Waals surface area contributed by atoms with E-state index in [2.05, 4.69) is 47.2 Å². The predicted molar refractivity (Wildman–Crippen MR) is 117 cm³/mol. The molecule has 0 fully saturated rings. The minimum Gasteiger partial charge on any atom is -0.497 e. The second kappa shape index (κ2) is 7.91. The van der Waals surface area contributed by atoms with E-state index in [1.54, 1.807) is 13.2 Å². The van der Waals surface area contributed by atoms with Crippen molar-refractivity contribution in [3.8, 4) is 5.75 Å². The van der Waals surface area contributed by atoms with E-state index in [1.165, 1.54) is 28.5 Å².